The van der Waals surface area contributed by atoms with Gasteiger partial charge in [-0.25, -0.2) is 0 Å². The molecule has 1 aromatic carbocycles. The number of unbranched alkanes of at least 4 members (excludes halogenated alkanes) is 1. The summed E-state index contributed by atoms with van der Waals surface area (Å²) in [4.78, 5) is 0. The van der Waals surface area contributed by atoms with Gasteiger partial charge >= 0.3 is 6.39 Å². The molecule has 1 heterocycles. The van der Waals surface area contributed by atoms with E-state index in [1.807, 2.05) is 28.8 Å². The fourth-order valence-electron chi connectivity index (χ4n) is 1.71. The van der Waals surface area contributed by atoms with E-state index >= 15 is 0 Å². The maximum Gasteiger partial charge on any atom is 0.335 e. The molecule has 0 saturated carbocycles. The van der Waals surface area contributed by atoms with Gasteiger partial charge in [-0.05, 0) is 12.5 Å². The number of oxazole rings is 1. The molecule has 0 atom stereocenters. The SMILES string of the molecule is O=S(=O)(O)CCCC[n+]1coc2ccccc21. The van der Waals surface area contributed by atoms with Crippen LogP contribution in [0.3, 0.4) is 0 Å². The van der Waals surface area contributed by atoms with Crippen LogP contribution < -0.4 is 4.57 Å². The third-order valence-electron chi connectivity index (χ3n) is 2.53. The molecule has 1 aromatic heterocycles. The quantitative estimate of drug-likeness (QED) is 0.498. The Hall–Kier alpha value is -1.40. The minimum atomic E-state index is -3.84. The molecule has 1 N–H and O–H groups in total. The number of aryl methyl sites for hydroxylation is 1. The highest BCUT2D eigenvalue weighted by molar-refractivity contribution is 7.85. The maximum atomic E-state index is 10.5. The number of hydrogen-bond donors (Lipinski definition) is 1. The smallest absolute Gasteiger partial charge is 0.335 e. The van der Waals surface area contributed by atoms with Crippen LogP contribution >= 0.6 is 0 Å². The summed E-state index contributed by atoms with van der Waals surface area (Å²) >= 11 is 0. The Balaban J connectivity index is 1.96. The molecule has 0 aliphatic carbocycles. The lowest BCUT2D eigenvalue weighted by Gasteiger charge is -1.95. The Labute approximate surface area is 99.4 Å². The molecule has 17 heavy (non-hydrogen) atoms. The lowest BCUT2D eigenvalue weighted by Crippen LogP contribution is -2.31. The van der Waals surface area contributed by atoms with E-state index in [-0.39, 0.29) is 5.75 Å². The van der Waals surface area contributed by atoms with E-state index in [0.29, 0.717) is 19.4 Å². The summed E-state index contributed by atoms with van der Waals surface area (Å²) in [6, 6.07) is 7.65. The summed E-state index contributed by atoms with van der Waals surface area (Å²) in [5.41, 5.74) is 1.79. The van der Waals surface area contributed by atoms with E-state index in [2.05, 4.69) is 0 Å². The molecule has 2 aromatic rings. The number of rotatable bonds is 5. The van der Waals surface area contributed by atoms with Gasteiger partial charge in [-0.2, -0.15) is 13.0 Å². The Morgan fingerprint density at radius 1 is 1.24 bits per heavy atom. The van der Waals surface area contributed by atoms with Crippen LogP contribution in [0.1, 0.15) is 12.8 Å². The van der Waals surface area contributed by atoms with E-state index in [1.165, 1.54) is 0 Å². The first-order chi connectivity index (χ1) is 8.06. The van der Waals surface area contributed by atoms with E-state index in [9.17, 15) is 8.42 Å². The number of nitrogens with zero attached hydrogens (tertiary/aromatic N) is 1. The summed E-state index contributed by atoms with van der Waals surface area (Å²) in [6.45, 7) is 0.673. The number of fused-ring (bicyclic) bond motifs is 1. The number of aromatic nitrogens is 1. The van der Waals surface area contributed by atoms with Crippen molar-refractivity contribution in [2.75, 3.05) is 5.75 Å². The zero-order chi connectivity index (χ0) is 12.3. The van der Waals surface area contributed by atoms with Crippen molar-refractivity contribution in [2.24, 2.45) is 0 Å². The normalized spacial score (nSPS) is 12.1. The molecular weight excluding hydrogens is 242 g/mol. The van der Waals surface area contributed by atoms with Gasteiger partial charge in [-0.1, -0.05) is 12.1 Å². The minimum absolute atomic E-state index is 0.191. The highest BCUT2D eigenvalue weighted by Crippen LogP contribution is 2.09. The molecule has 0 fully saturated rings. The molecule has 0 spiro atoms. The van der Waals surface area contributed by atoms with Gasteiger partial charge in [0, 0.05) is 12.5 Å². The summed E-state index contributed by atoms with van der Waals surface area (Å²) in [7, 11) is -3.84. The second-order valence-corrected chi connectivity index (χ2v) is 5.45. The second-order valence-electron chi connectivity index (χ2n) is 3.88. The molecule has 92 valence electrons. The van der Waals surface area contributed by atoms with Crippen LogP contribution in [0.5, 0.6) is 0 Å². The van der Waals surface area contributed by atoms with Crippen LogP contribution in [0.25, 0.3) is 11.1 Å². The summed E-state index contributed by atoms with van der Waals surface area (Å²) in [6.07, 6.45) is 2.73. The molecule has 0 unspecified atom stereocenters. The third-order valence-corrected chi connectivity index (χ3v) is 3.34. The van der Waals surface area contributed by atoms with Gasteiger partial charge in [-0.15, -0.1) is 0 Å². The fourth-order valence-corrected chi connectivity index (χ4v) is 2.28. The molecule has 0 amide bonds. The van der Waals surface area contributed by atoms with Crippen LogP contribution in [0.4, 0.5) is 0 Å². The fraction of sp³-hybridized carbons (Fsp3) is 0.364. The van der Waals surface area contributed by atoms with Crippen molar-refractivity contribution in [2.45, 2.75) is 19.4 Å². The van der Waals surface area contributed by atoms with Crippen LogP contribution in [-0.4, -0.2) is 18.7 Å². The molecule has 6 heteroatoms. The lowest BCUT2D eigenvalue weighted by molar-refractivity contribution is -0.676. The van der Waals surface area contributed by atoms with Crippen LogP contribution in [0.15, 0.2) is 35.1 Å². The average molecular weight is 256 g/mol. The van der Waals surface area contributed by atoms with Gasteiger partial charge in [0.05, 0.1) is 5.75 Å². The zero-order valence-corrected chi connectivity index (χ0v) is 10.1. The number of para-hydroxylation sites is 2. The lowest BCUT2D eigenvalue weighted by atomic mass is 10.3. The van der Waals surface area contributed by atoms with Gasteiger partial charge in [0.1, 0.15) is 0 Å². The van der Waals surface area contributed by atoms with Crippen molar-refractivity contribution < 1.29 is 22.0 Å². The number of hydrogen-bond acceptors (Lipinski definition) is 3. The first-order valence-corrected chi connectivity index (χ1v) is 6.98. The van der Waals surface area contributed by atoms with Crippen molar-refractivity contribution in [3.63, 3.8) is 0 Å². The van der Waals surface area contributed by atoms with Crippen molar-refractivity contribution in [3.8, 4) is 0 Å². The first-order valence-electron chi connectivity index (χ1n) is 5.37. The van der Waals surface area contributed by atoms with E-state index in [0.717, 1.165) is 11.1 Å². The van der Waals surface area contributed by atoms with Crippen molar-refractivity contribution in [1.82, 2.24) is 0 Å². The van der Waals surface area contributed by atoms with E-state index in [4.69, 9.17) is 8.97 Å². The van der Waals surface area contributed by atoms with Crippen molar-refractivity contribution >= 4 is 21.2 Å². The van der Waals surface area contributed by atoms with E-state index in [1.54, 1.807) is 6.39 Å². The van der Waals surface area contributed by atoms with Crippen LogP contribution in [0, 0.1) is 0 Å². The predicted molar refractivity (Wildman–Crippen MR) is 62.1 cm³/mol. The Bertz CT molecular complexity index is 603. The minimum Gasteiger partial charge on any atom is -0.404 e. The van der Waals surface area contributed by atoms with Gasteiger partial charge in [-0.3, -0.25) is 4.55 Å². The molecule has 0 bridgehead atoms. The largest absolute Gasteiger partial charge is 0.404 e. The average Bonchev–Trinajstić information content (AvgIpc) is 2.67. The summed E-state index contributed by atoms with van der Waals surface area (Å²) in [5.74, 6) is -0.191. The van der Waals surface area contributed by atoms with Gasteiger partial charge in [0.15, 0.2) is 6.54 Å². The Morgan fingerprint density at radius 3 is 2.76 bits per heavy atom. The molecule has 0 aliphatic rings. The van der Waals surface area contributed by atoms with Gasteiger partial charge in [0.2, 0.25) is 5.58 Å². The summed E-state index contributed by atoms with van der Waals surface area (Å²) < 4.78 is 36.9. The zero-order valence-electron chi connectivity index (χ0n) is 9.24. The number of benzene rings is 1. The molecule has 0 aliphatic heterocycles. The van der Waals surface area contributed by atoms with Crippen LogP contribution in [0.2, 0.25) is 0 Å². The molecule has 0 saturated heterocycles. The third kappa shape index (κ3) is 3.28. The molecule has 0 radical (unpaired) electrons. The first kappa shape index (κ1) is 12.1. The standard InChI is InChI=1S/C11H13NO4S/c13-17(14,15)8-4-3-7-12-9-16-11-6-2-1-5-10(11)12/h1-2,5-6,9H,3-4,7-8H2/p+1. The van der Waals surface area contributed by atoms with Crippen molar-refractivity contribution in [1.29, 1.82) is 0 Å². The van der Waals surface area contributed by atoms with Crippen molar-refractivity contribution in [3.05, 3.63) is 30.7 Å². The Kier molecular flexibility index (Phi) is 3.44. The molecule has 2 rings (SSSR count). The maximum absolute atomic E-state index is 10.5. The highest BCUT2D eigenvalue weighted by atomic mass is 32.2. The monoisotopic (exact) mass is 256 g/mol. The predicted octanol–water partition coefficient (Wildman–Crippen LogP) is 1.39. The molecule has 5 nitrogen and oxygen atoms in total. The molecular formula is C11H14NO4S+. The Morgan fingerprint density at radius 2 is 2.00 bits per heavy atom. The summed E-state index contributed by atoms with van der Waals surface area (Å²) in [5, 5.41) is 0. The second kappa shape index (κ2) is 4.85. The van der Waals surface area contributed by atoms with E-state index < -0.39 is 10.1 Å². The van der Waals surface area contributed by atoms with Gasteiger partial charge < -0.3 is 4.42 Å². The van der Waals surface area contributed by atoms with Gasteiger partial charge in [0.25, 0.3) is 15.6 Å². The van der Waals surface area contributed by atoms with Crippen LogP contribution in [-0.2, 0) is 16.7 Å². The highest BCUT2D eigenvalue weighted by Gasteiger charge is 2.12. The topological polar surface area (TPSA) is 71.4 Å².